The summed E-state index contributed by atoms with van der Waals surface area (Å²) in [5, 5.41) is 29.9. The molecule has 0 unspecified atom stereocenters. The van der Waals surface area contributed by atoms with Gasteiger partial charge in [0.05, 0.1) is 12.1 Å². The lowest BCUT2D eigenvalue weighted by atomic mass is 9.98. The number of amides is 5. The summed E-state index contributed by atoms with van der Waals surface area (Å²) in [5.41, 5.74) is 16.7. The van der Waals surface area contributed by atoms with Crippen LogP contribution >= 0.6 is 11.8 Å². The number of hydrogen-bond donors (Lipinski definition) is 9. The van der Waals surface area contributed by atoms with Crippen LogP contribution in [0.4, 0.5) is 0 Å². The molecule has 1 heterocycles. The molecule has 0 bridgehead atoms. The SMILES string of the molecule is CC[C@H](C)[C@H](NC(=O)[C@@H]1CCCN1C(=O)[C@H](CCCN=C(N)N)NC(=O)[C@H](C)NC(=O)[C@@H](NC(=O)[C@@H](N)CCSC)[C@@H](C)O)C(=O)O. The fraction of sp³-hybridized carbons (Fsp3) is 0.759. The Morgan fingerprint density at radius 2 is 1.62 bits per heavy atom. The normalized spacial score (nSPS) is 18.8. The molecule has 12 N–H and O–H groups in total. The van der Waals surface area contributed by atoms with Crippen LogP contribution in [0.25, 0.3) is 0 Å². The molecule has 47 heavy (non-hydrogen) atoms. The Hall–Kier alpha value is -3.64. The number of nitrogens with zero attached hydrogens (tertiary/aromatic N) is 2. The smallest absolute Gasteiger partial charge is 0.326 e. The predicted octanol–water partition coefficient (Wildman–Crippen LogP) is -2.42. The monoisotopic (exact) mass is 687 g/mol. The molecule has 18 heteroatoms. The van der Waals surface area contributed by atoms with Gasteiger partial charge in [0.2, 0.25) is 29.5 Å². The molecule has 0 radical (unpaired) electrons. The van der Waals surface area contributed by atoms with Crippen molar-refractivity contribution >= 4 is 53.2 Å². The molecule has 0 aliphatic carbocycles. The quantitative estimate of drug-likeness (QED) is 0.0367. The van der Waals surface area contributed by atoms with Crippen molar-refractivity contribution in [2.24, 2.45) is 28.1 Å². The van der Waals surface area contributed by atoms with Gasteiger partial charge in [-0.05, 0) is 63.9 Å². The number of hydrogen-bond acceptors (Lipinski definition) is 10. The number of carboxylic acids is 1. The van der Waals surface area contributed by atoms with Crippen LogP contribution in [0.2, 0.25) is 0 Å². The molecule has 1 aliphatic heterocycles. The lowest BCUT2D eigenvalue weighted by Gasteiger charge is -2.31. The number of aliphatic imine (C=N–C) groups is 1. The fourth-order valence-corrected chi connectivity index (χ4v) is 5.39. The Morgan fingerprint density at radius 1 is 0.957 bits per heavy atom. The van der Waals surface area contributed by atoms with E-state index >= 15 is 0 Å². The predicted molar refractivity (Wildman–Crippen MR) is 178 cm³/mol. The summed E-state index contributed by atoms with van der Waals surface area (Å²) in [6.07, 6.45) is 2.57. The van der Waals surface area contributed by atoms with Crippen molar-refractivity contribution in [1.29, 1.82) is 0 Å². The highest BCUT2D eigenvalue weighted by Crippen LogP contribution is 2.21. The molecule has 1 saturated heterocycles. The number of aliphatic hydroxyl groups excluding tert-OH is 1. The Morgan fingerprint density at radius 3 is 2.17 bits per heavy atom. The molecule has 8 atom stereocenters. The van der Waals surface area contributed by atoms with Gasteiger partial charge in [-0.1, -0.05) is 20.3 Å². The Labute approximate surface area is 280 Å². The molecule has 17 nitrogen and oxygen atoms in total. The van der Waals surface area contributed by atoms with E-state index in [0.717, 1.165) is 0 Å². The molecule has 0 aromatic heterocycles. The van der Waals surface area contributed by atoms with Crippen molar-refractivity contribution in [2.45, 2.75) is 109 Å². The molecular weight excluding hydrogens is 634 g/mol. The third kappa shape index (κ3) is 13.6. The van der Waals surface area contributed by atoms with Crippen molar-refractivity contribution in [3.63, 3.8) is 0 Å². The van der Waals surface area contributed by atoms with E-state index in [1.54, 1.807) is 13.8 Å². The van der Waals surface area contributed by atoms with E-state index < -0.39 is 77.9 Å². The topological polar surface area (TPSA) is 285 Å². The molecular formula is C29H53N9O8S. The van der Waals surface area contributed by atoms with E-state index in [2.05, 4.69) is 26.3 Å². The summed E-state index contributed by atoms with van der Waals surface area (Å²) >= 11 is 1.50. The number of aliphatic hydroxyl groups is 1. The Balaban J connectivity index is 3.08. The van der Waals surface area contributed by atoms with Gasteiger partial charge in [-0.3, -0.25) is 29.0 Å². The van der Waals surface area contributed by atoms with Crippen LogP contribution in [0.1, 0.15) is 66.2 Å². The van der Waals surface area contributed by atoms with E-state index in [4.69, 9.17) is 17.2 Å². The minimum atomic E-state index is -1.40. The summed E-state index contributed by atoms with van der Waals surface area (Å²) in [4.78, 5) is 82.7. The number of carbonyl (C=O) groups excluding carboxylic acids is 5. The molecule has 1 rings (SSSR count). The van der Waals surface area contributed by atoms with Gasteiger partial charge in [-0.2, -0.15) is 11.8 Å². The number of thioether (sulfide) groups is 1. The van der Waals surface area contributed by atoms with Crippen molar-refractivity contribution < 1.29 is 39.0 Å². The van der Waals surface area contributed by atoms with Crippen LogP contribution in [0.3, 0.4) is 0 Å². The second-order valence-corrected chi connectivity index (χ2v) is 12.7. The molecule has 1 aliphatic rings. The van der Waals surface area contributed by atoms with Crippen molar-refractivity contribution in [3.05, 3.63) is 0 Å². The molecule has 0 aromatic carbocycles. The minimum absolute atomic E-state index is 0.0811. The van der Waals surface area contributed by atoms with Crippen LogP contribution in [0.5, 0.6) is 0 Å². The molecule has 0 saturated carbocycles. The second kappa shape index (κ2) is 20.6. The number of nitrogens with two attached hydrogens (primary N) is 3. The third-order valence-corrected chi connectivity index (χ3v) is 8.60. The third-order valence-electron chi connectivity index (χ3n) is 7.96. The van der Waals surface area contributed by atoms with E-state index in [1.807, 2.05) is 6.26 Å². The molecule has 5 amide bonds. The summed E-state index contributed by atoms with van der Waals surface area (Å²) < 4.78 is 0. The first-order valence-electron chi connectivity index (χ1n) is 15.8. The van der Waals surface area contributed by atoms with Gasteiger partial charge in [-0.15, -0.1) is 0 Å². The molecule has 0 aromatic rings. The highest BCUT2D eigenvalue weighted by molar-refractivity contribution is 7.98. The van der Waals surface area contributed by atoms with Gasteiger partial charge in [0.1, 0.15) is 30.2 Å². The molecule has 0 spiro atoms. The maximum absolute atomic E-state index is 13.8. The highest BCUT2D eigenvalue weighted by atomic mass is 32.2. The Bertz CT molecular complexity index is 1120. The second-order valence-electron chi connectivity index (χ2n) is 11.8. The highest BCUT2D eigenvalue weighted by Gasteiger charge is 2.40. The number of rotatable bonds is 20. The number of nitrogens with one attached hydrogen (secondary N) is 4. The zero-order valence-corrected chi connectivity index (χ0v) is 28.7. The zero-order chi connectivity index (χ0) is 35.8. The first-order chi connectivity index (χ1) is 22.0. The van der Waals surface area contributed by atoms with E-state index in [1.165, 1.54) is 30.5 Å². The van der Waals surface area contributed by atoms with Crippen LogP contribution in [0, 0.1) is 5.92 Å². The zero-order valence-electron chi connectivity index (χ0n) is 27.9. The van der Waals surface area contributed by atoms with Gasteiger partial charge < -0.3 is 53.6 Å². The van der Waals surface area contributed by atoms with Gasteiger partial charge in [0.25, 0.3) is 0 Å². The van der Waals surface area contributed by atoms with Crippen LogP contribution < -0.4 is 38.5 Å². The van der Waals surface area contributed by atoms with E-state index in [0.29, 0.717) is 31.4 Å². The lowest BCUT2D eigenvalue weighted by molar-refractivity contribution is -0.146. The molecule has 1 fully saturated rings. The summed E-state index contributed by atoms with van der Waals surface area (Å²) in [6.45, 7) is 6.55. The Kier molecular flexibility index (Phi) is 18.1. The van der Waals surface area contributed by atoms with Gasteiger partial charge >= 0.3 is 5.97 Å². The summed E-state index contributed by atoms with van der Waals surface area (Å²) in [5.74, 6) is -4.44. The average Bonchev–Trinajstić information content (AvgIpc) is 3.51. The minimum Gasteiger partial charge on any atom is -0.480 e. The number of carbonyl (C=O) groups is 6. The van der Waals surface area contributed by atoms with E-state index in [9.17, 15) is 39.0 Å². The van der Waals surface area contributed by atoms with Crippen LogP contribution in [-0.4, -0.2) is 124 Å². The average molecular weight is 688 g/mol. The number of guanidine groups is 1. The number of carboxylic acid groups (broad SMARTS) is 1. The standard InChI is InChI=1S/C29H53N9O8S/c1-6-15(2)21(28(45)46)36-25(42)20-10-8-13-38(20)27(44)19(9-7-12-33-29(31)32)35-23(40)16(3)34-26(43)22(17(4)39)37-24(41)18(30)11-14-47-5/h15-22,39H,6-14,30H2,1-5H3,(H,34,43)(H,35,40)(H,36,42)(H,37,41)(H,45,46)(H4,31,32,33)/t15-,16-,17+,18-,19-,20-,21-,22-/m0/s1. The van der Waals surface area contributed by atoms with Gasteiger partial charge in [0, 0.05) is 13.1 Å². The van der Waals surface area contributed by atoms with Gasteiger partial charge in [-0.25, -0.2) is 4.79 Å². The first-order valence-corrected chi connectivity index (χ1v) is 17.2. The fourth-order valence-electron chi connectivity index (χ4n) is 4.90. The summed E-state index contributed by atoms with van der Waals surface area (Å²) in [7, 11) is 0. The lowest BCUT2D eigenvalue weighted by Crippen LogP contribution is -2.60. The summed E-state index contributed by atoms with van der Waals surface area (Å²) in [6, 6.07) is -6.72. The first kappa shape index (κ1) is 41.4. The van der Waals surface area contributed by atoms with Crippen LogP contribution in [0.15, 0.2) is 4.99 Å². The largest absolute Gasteiger partial charge is 0.480 e. The van der Waals surface area contributed by atoms with Crippen molar-refractivity contribution in [1.82, 2.24) is 26.2 Å². The van der Waals surface area contributed by atoms with Gasteiger partial charge in [0.15, 0.2) is 5.96 Å². The van der Waals surface area contributed by atoms with Crippen molar-refractivity contribution in [2.75, 3.05) is 25.1 Å². The maximum atomic E-state index is 13.8. The van der Waals surface area contributed by atoms with Crippen LogP contribution in [-0.2, 0) is 28.8 Å². The van der Waals surface area contributed by atoms with Crippen molar-refractivity contribution in [3.8, 4) is 0 Å². The number of likely N-dealkylation sites (tertiary alicyclic amines) is 1. The number of aliphatic carboxylic acids is 1. The maximum Gasteiger partial charge on any atom is 0.326 e. The van der Waals surface area contributed by atoms with E-state index in [-0.39, 0.29) is 37.8 Å². The molecule has 268 valence electrons.